The van der Waals surface area contributed by atoms with Gasteiger partial charge in [0.05, 0.1) is 18.0 Å². The lowest BCUT2D eigenvalue weighted by atomic mass is 10.0. The van der Waals surface area contributed by atoms with Crippen molar-refractivity contribution in [3.63, 3.8) is 0 Å². The number of carbonyl (C=O) groups excluding carboxylic acids is 1. The topological polar surface area (TPSA) is 72.5 Å². The standard InChI is InChI=1S/C10H12BrNO3/c1-15-9(13)5-8(12)6-3-2-4-7(11)10(6)14/h2-4,8,14H,5,12H2,1H3/t8-/m1/s1. The predicted molar refractivity (Wildman–Crippen MR) is 59.4 cm³/mol. The molecule has 4 nitrogen and oxygen atoms in total. The van der Waals surface area contributed by atoms with Crippen LogP contribution in [-0.4, -0.2) is 18.2 Å². The molecule has 0 fully saturated rings. The van der Waals surface area contributed by atoms with Gasteiger partial charge in [-0.3, -0.25) is 4.79 Å². The van der Waals surface area contributed by atoms with Gasteiger partial charge in [-0.1, -0.05) is 12.1 Å². The molecule has 0 radical (unpaired) electrons. The Hall–Kier alpha value is -1.07. The normalized spacial score (nSPS) is 12.2. The first-order valence-electron chi connectivity index (χ1n) is 4.36. The number of hydrogen-bond acceptors (Lipinski definition) is 4. The van der Waals surface area contributed by atoms with Gasteiger partial charge in [0.15, 0.2) is 0 Å². The van der Waals surface area contributed by atoms with Crippen molar-refractivity contribution >= 4 is 21.9 Å². The fourth-order valence-corrected chi connectivity index (χ4v) is 1.59. The van der Waals surface area contributed by atoms with Crippen LogP contribution in [0.15, 0.2) is 22.7 Å². The molecule has 0 aliphatic heterocycles. The van der Waals surface area contributed by atoms with Crippen LogP contribution in [0.2, 0.25) is 0 Å². The minimum absolute atomic E-state index is 0.0422. The van der Waals surface area contributed by atoms with Gasteiger partial charge in [-0.2, -0.15) is 0 Å². The zero-order chi connectivity index (χ0) is 11.4. The molecule has 0 unspecified atom stereocenters. The summed E-state index contributed by atoms with van der Waals surface area (Å²) in [4.78, 5) is 11.0. The number of esters is 1. The second kappa shape index (κ2) is 5.14. The number of phenolic OH excluding ortho intramolecular Hbond substituents is 1. The number of rotatable bonds is 3. The van der Waals surface area contributed by atoms with Crippen molar-refractivity contribution in [2.75, 3.05) is 7.11 Å². The summed E-state index contributed by atoms with van der Waals surface area (Å²) >= 11 is 3.18. The number of phenols is 1. The lowest BCUT2D eigenvalue weighted by Gasteiger charge is -2.12. The molecule has 1 aromatic carbocycles. The molecule has 0 bridgehead atoms. The average molecular weight is 274 g/mol. The number of methoxy groups -OCH3 is 1. The van der Waals surface area contributed by atoms with E-state index >= 15 is 0 Å². The highest BCUT2D eigenvalue weighted by molar-refractivity contribution is 9.10. The van der Waals surface area contributed by atoms with Crippen molar-refractivity contribution in [3.05, 3.63) is 28.2 Å². The Balaban J connectivity index is 2.86. The SMILES string of the molecule is COC(=O)C[C@@H](N)c1cccc(Br)c1O. The second-order valence-electron chi connectivity index (χ2n) is 3.06. The van der Waals surface area contributed by atoms with Gasteiger partial charge in [-0.15, -0.1) is 0 Å². The van der Waals surface area contributed by atoms with Crippen molar-refractivity contribution in [2.24, 2.45) is 5.73 Å². The Morgan fingerprint density at radius 3 is 2.93 bits per heavy atom. The van der Waals surface area contributed by atoms with Crippen LogP contribution < -0.4 is 5.73 Å². The summed E-state index contributed by atoms with van der Waals surface area (Å²) in [7, 11) is 1.30. The van der Waals surface area contributed by atoms with E-state index < -0.39 is 12.0 Å². The summed E-state index contributed by atoms with van der Waals surface area (Å²) in [5, 5.41) is 9.67. The number of carbonyl (C=O) groups is 1. The van der Waals surface area contributed by atoms with Crippen molar-refractivity contribution in [2.45, 2.75) is 12.5 Å². The maximum absolute atomic E-state index is 11.0. The van der Waals surface area contributed by atoms with Crippen molar-refractivity contribution in [1.29, 1.82) is 0 Å². The molecular weight excluding hydrogens is 262 g/mol. The van der Waals surface area contributed by atoms with Crippen LogP contribution in [-0.2, 0) is 9.53 Å². The number of halogens is 1. The highest BCUT2D eigenvalue weighted by atomic mass is 79.9. The Bertz CT molecular complexity index is 368. The van der Waals surface area contributed by atoms with E-state index in [-0.39, 0.29) is 12.2 Å². The predicted octanol–water partition coefficient (Wildman–Crippen LogP) is 1.72. The monoisotopic (exact) mass is 273 g/mol. The zero-order valence-corrected chi connectivity index (χ0v) is 9.82. The van der Waals surface area contributed by atoms with E-state index in [2.05, 4.69) is 20.7 Å². The van der Waals surface area contributed by atoms with Crippen LogP contribution in [0.3, 0.4) is 0 Å². The molecule has 0 spiro atoms. The van der Waals surface area contributed by atoms with Gasteiger partial charge < -0.3 is 15.6 Å². The maximum atomic E-state index is 11.0. The van der Waals surface area contributed by atoms with Crippen LogP contribution in [0.4, 0.5) is 0 Å². The van der Waals surface area contributed by atoms with Gasteiger partial charge >= 0.3 is 5.97 Å². The molecule has 0 saturated heterocycles. The van der Waals surface area contributed by atoms with E-state index in [1.165, 1.54) is 7.11 Å². The van der Waals surface area contributed by atoms with Gasteiger partial charge in [0.1, 0.15) is 5.75 Å². The number of hydrogen-bond donors (Lipinski definition) is 2. The van der Waals surface area contributed by atoms with E-state index in [1.54, 1.807) is 18.2 Å². The summed E-state index contributed by atoms with van der Waals surface area (Å²) < 4.78 is 5.06. The largest absolute Gasteiger partial charge is 0.506 e. The van der Waals surface area contributed by atoms with Gasteiger partial charge in [0.2, 0.25) is 0 Å². The molecule has 0 aliphatic carbocycles. The third-order valence-corrected chi connectivity index (χ3v) is 2.67. The zero-order valence-electron chi connectivity index (χ0n) is 8.24. The lowest BCUT2D eigenvalue weighted by Crippen LogP contribution is -2.16. The van der Waals surface area contributed by atoms with Crippen LogP contribution in [0.1, 0.15) is 18.0 Å². The molecule has 0 aromatic heterocycles. The third kappa shape index (κ3) is 2.94. The first kappa shape index (κ1) is 12.0. The van der Waals surface area contributed by atoms with Crippen molar-refractivity contribution in [3.8, 4) is 5.75 Å². The van der Waals surface area contributed by atoms with Gasteiger partial charge in [0.25, 0.3) is 0 Å². The van der Waals surface area contributed by atoms with Crippen molar-refractivity contribution < 1.29 is 14.6 Å². The van der Waals surface area contributed by atoms with Gasteiger partial charge in [0, 0.05) is 11.6 Å². The first-order chi connectivity index (χ1) is 7.06. The molecule has 82 valence electrons. The number of ether oxygens (including phenoxy) is 1. The van der Waals surface area contributed by atoms with Crippen LogP contribution >= 0.6 is 15.9 Å². The summed E-state index contributed by atoms with van der Waals surface area (Å²) in [6, 6.07) is 4.56. The highest BCUT2D eigenvalue weighted by Gasteiger charge is 2.16. The molecule has 5 heteroatoms. The lowest BCUT2D eigenvalue weighted by molar-refractivity contribution is -0.141. The molecule has 15 heavy (non-hydrogen) atoms. The van der Waals surface area contributed by atoms with E-state index in [1.807, 2.05) is 0 Å². The molecule has 0 amide bonds. The summed E-state index contributed by atoms with van der Waals surface area (Å²) in [5.41, 5.74) is 6.28. The molecule has 0 heterocycles. The minimum atomic E-state index is -0.560. The Kier molecular flexibility index (Phi) is 4.11. The van der Waals surface area contributed by atoms with E-state index in [9.17, 15) is 9.90 Å². The molecule has 3 N–H and O–H groups in total. The maximum Gasteiger partial charge on any atom is 0.307 e. The summed E-state index contributed by atoms with van der Waals surface area (Å²) in [6.07, 6.45) is 0.0422. The number of nitrogens with two attached hydrogens (primary N) is 1. The van der Waals surface area contributed by atoms with E-state index in [0.29, 0.717) is 10.0 Å². The fraction of sp³-hybridized carbons (Fsp3) is 0.300. The molecule has 1 atom stereocenters. The first-order valence-corrected chi connectivity index (χ1v) is 5.15. The molecule has 0 aliphatic rings. The molecular formula is C10H12BrNO3. The number of aromatic hydroxyl groups is 1. The quantitative estimate of drug-likeness (QED) is 0.823. The van der Waals surface area contributed by atoms with Crippen molar-refractivity contribution in [1.82, 2.24) is 0 Å². The summed E-state index contributed by atoms with van der Waals surface area (Å²) in [6.45, 7) is 0. The number of benzene rings is 1. The Morgan fingerprint density at radius 2 is 2.33 bits per heavy atom. The molecule has 1 rings (SSSR count). The second-order valence-corrected chi connectivity index (χ2v) is 3.92. The van der Waals surface area contributed by atoms with Gasteiger partial charge in [-0.05, 0) is 22.0 Å². The van der Waals surface area contributed by atoms with Gasteiger partial charge in [-0.25, -0.2) is 0 Å². The summed E-state index contributed by atoms with van der Waals surface area (Å²) in [5.74, 6) is -0.337. The fourth-order valence-electron chi connectivity index (χ4n) is 1.20. The number of para-hydroxylation sites is 1. The third-order valence-electron chi connectivity index (χ3n) is 2.03. The van der Waals surface area contributed by atoms with Crippen LogP contribution in [0.5, 0.6) is 5.75 Å². The highest BCUT2D eigenvalue weighted by Crippen LogP contribution is 2.31. The Morgan fingerprint density at radius 1 is 1.67 bits per heavy atom. The Labute approximate surface area is 96.2 Å². The smallest absolute Gasteiger partial charge is 0.307 e. The average Bonchev–Trinajstić information content (AvgIpc) is 2.21. The van der Waals surface area contributed by atoms with Crippen LogP contribution in [0, 0.1) is 0 Å². The molecule has 1 aromatic rings. The van der Waals surface area contributed by atoms with Crippen LogP contribution in [0.25, 0.3) is 0 Å². The molecule has 0 saturated carbocycles. The minimum Gasteiger partial charge on any atom is -0.506 e. The van der Waals surface area contributed by atoms with E-state index in [0.717, 1.165) is 0 Å². The van der Waals surface area contributed by atoms with E-state index in [4.69, 9.17) is 5.73 Å².